The molecular formula is C10H16N2OS. The fourth-order valence-electron chi connectivity index (χ4n) is 1.29. The van der Waals surface area contributed by atoms with Gasteiger partial charge in [-0.2, -0.15) is 0 Å². The Morgan fingerprint density at radius 3 is 2.71 bits per heavy atom. The largest absolute Gasteiger partial charge is 0.369 e. The second-order valence-electron chi connectivity index (χ2n) is 3.28. The monoisotopic (exact) mass is 212 g/mol. The Balaban J connectivity index is 2.52. The molecule has 0 bridgehead atoms. The van der Waals surface area contributed by atoms with Crippen molar-refractivity contribution < 1.29 is 4.79 Å². The van der Waals surface area contributed by atoms with E-state index >= 15 is 0 Å². The minimum atomic E-state index is -0.264. The zero-order valence-corrected chi connectivity index (χ0v) is 9.43. The van der Waals surface area contributed by atoms with Crippen LogP contribution in [0.25, 0.3) is 0 Å². The Bertz CT molecular complexity index is 309. The summed E-state index contributed by atoms with van der Waals surface area (Å²) < 4.78 is 0. The van der Waals surface area contributed by atoms with Crippen LogP contribution in [0.15, 0.2) is 12.1 Å². The fourth-order valence-corrected chi connectivity index (χ4v) is 2.22. The van der Waals surface area contributed by atoms with E-state index in [1.807, 2.05) is 11.8 Å². The van der Waals surface area contributed by atoms with Crippen LogP contribution in [0.2, 0.25) is 0 Å². The molecule has 2 N–H and O–H groups in total. The quantitative estimate of drug-likeness (QED) is 0.801. The highest BCUT2D eigenvalue weighted by atomic mass is 32.1. The molecule has 0 fully saturated rings. The molecule has 1 amide bonds. The second kappa shape index (κ2) is 5.12. The maximum atomic E-state index is 10.7. The van der Waals surface area contributed by atoms with Crippen LogP contribution >= 0.6 is 11.3 Å². The third-order valence-electron chi connectivity index (χ3n) is 2.00. The number of rotatable bonds is 5. The lowest BCUT2D eigenvalue weighted by molar-refractivity contribution is -0.119. The van der Waals surface area contributed by atoms with Crippen LogP contribution in [0.1, 0.15) is 16.7 Å². The maximum Gasteiger partial charge on any atom is 0.231 e. The third-order valence-corrected chi connectivity index (χ3v) is 2.99. The van der Waals surface area contributed by atoms with Crippen molar-refractivity contribution in [1.82, 2.24) is 4.90 Å². The van der Waals surface area contributed by atoms with Crippen molar-refractivity contribution in [3.05, 3.63) is 21.9 Å². The first kappa shape index (κ1) is 11.2. The van der Waals surface area contributed by atoms with Crippen LogP contribution in [0.3, 0.4) is 0 Å². The van der Waals surface area contributed by atoms with E-state index in [1.165, 1.54) is 9.75 Å². The van der Waals surface area contributed by atoms with Crippen molar-refractivity contribution in [3.8, 4) is 0 Å². The van der Waals surface area contributed by atoms with E-state index in [4.69, 9.17) is 5.73 Å². The molecule has 0 saturated heterocycles. The molecule has 0 aromatic carbocycles. The average Bonchev–Trinajstić information content (AvgIpc) is 2.49. The summed E-state index contributed by atoms with van der Waals surface area (Å²) >= 11 is 1.76. The van der Waals surface area contributed by atoms with Gasteiger partial charge in [-0.05, 0) is 25.6 Å². The average molecular weight is 212 g/mol. The van der Waals surface area contributed by atoms with Gasteiger partial charge in [-0.3, -0.25) is 9.69 Å². The highest BCUT2D eigenvalue weighted by Gasteiger charge is 2.07. The molecule has 4 heteroatoms. The summed E-state index contributed by atoms with van der Waals surface area (Å²) in [6.07, 6.45) is 0. The second-order valence-corrected chi connectivity index (χ2v) is 4.65. The molecule has 0 aliphatic heterocycles. The molecule has 0 spiro atoms. The van der Waals surface area contributed by atoms with Crippen molar-refractivity contribution >= 4 is 17.2 Å². The first-order valence-electron chi connectivity index (χ1n) is 4.67. The van der Waals surface area contributed by atoms with Crippen molar-refractivity contribution in [1.29, 1.82) is 0 Å². The fraction of sp³-hybridized carbons (Fsp3) is 0.500. The molecule has 0 saturated carbocycles. The smallest absolute Gasteiger partial charge is 0.231 e. The number of nitrogens with zero attached hydrogens (tertiary/aromatic N) is 1. The van der Waals surface area contributed by atoms with E-state index in [-0.39, 0.29) is 5.91 Å². The van der Waals surface area contributed by atoms with Gasteiger partial charge in [0, 0.05) is 16.3 Å². The number of nitrogens with two attached hydrogens (primary N) is 1. The zero-order chi connectivity index (χ0) is 10.6. The molecule has 78 valence electrons. The third kappa shape index (κ3) is 3.47. The van der Waals surface area contributed by atoms with E-state index in [0.717, 1.165) is 13.1 Å². The van der Waals surface area contributed by atoms with Crippen LogP contribution < -0.4 is 5.73 Å². The van der Waals surface area contributed by atoms with Crippen LogP contribution in [0, 0.1) is 6.92 Å². The summed E-state index contributed by atoms with van der Waals surface area (Å²) in [7, 11) is 0. The summed E-state index contributed by atoms with van der Waals surface area (Å²) in [4.78, 5) is 15.4. The predicted octanol–water partition coefficient (Wildman–Crippen LogP) is 1.36. The van der Waals surface area contributed by atoms with Crippen molar-refractivity contribution in [3.63, 3.8) is 0 Å². The summed E-state index contributed by atoms with van der Waals surface area (Å²) in [5.74, 6) is -0.264. The molecule has 3 nitrogen and oxygen atoms in total. The van der Waals surface area contributed by atoms with E-state index < -0.39 is 0 Å². The van der Waals surface area contributed by atoms with E-state index in [2.05, 4.69) is 19.1 Å². The topological polar surface area (TPSA) is 46.3 Å². The Labute approximate surface area is 88.5 Å². The highest BCUT2D eigenvalue weighted by molar-refractivity contribution is 7.11. The maximum absolute atomic E-state index is 10.7. The molecule has 0 atom stereocenters. The molecule has 1 heterocycles. The lowest BCUT2D eigenvalue weighted by Crippen LogP contribution is -2.32. The van der Waals surface area contributed by atoms with Crippen LogP contribution in [-0.2, 0) is 11.3 Å². The SMILES string of the molecule is CCN(CC(N)=O)Cc1ccc(C)s1. The van der Waals surface area contributed by atoms with Gasteiger partial charge in [0.2, 0.25) is 5.91 Å². The molecule has 0 unspecified atom stereocenters. The molecular weight excluding hydrogens is 196 g/mol. The van der Waals surface area contributed by atoms with E-state index in [0.29, 0.717) is 6.54 Å². The van der Waals surface area contributed by atoms with Gasteiger partial charge in [0.1, 0.15) is 0 Å². The van der Waals surface area contributed by atoms with Gasteiger partial charge in [0.25, 0.3) is 0 Å². The highest BCUT2D eigenvalue weighted by Crippen LogP contribution is 2.16. The van der Waals surface area contributed by atoms with E-state index in [9.17, 15) is 4.79 Å². The minimum Gasteiger partial charge on any atom is -0.369 e. The molecule has 0 radical (unpaired) electrons. The molecule has 14 heavy (non-hydrogen) atoms. The van der Waals surface area contributed by atoms with Gasteiger partial charge in [-0.1, -0.05) is 6.92 Å². The number of hydrogen-bond acceptors (Lipinski definition) is 3. The molecule has 0 aliphatic carbocycles. The van der Waals surface area contributed by atoms with Crippen LogP contribution in [0.4, 0.5) is 0 Å². The van der Waals surface area contributed by atoms with Gasteiger partial charge < -0.3 is 5.73 Å². The van der Waals surface area contributed by atoms with Gasteiger partial charge in [-0.15, -0.1) is 11.3 Å². The normalized spacial score (nSPS) is 10.8. The number of primary amides is 1. The lowest BCUT2D eigenvalue weighted by atomic mass is 10.4. The molecule has 1 rings (SSSR count). The first-order chi connectivity index (χ1) is 6.61. The predicted molar refractivity (Wildman–Crippen MR) is 59.2 cm³/mol. The summed E-state index contributed by atoms with van der Waals surface area (Å²) in [5, 5.41) is 0. The van der Waals surface area contributed by atoms with E-state index in [1.54, 1.807) is 11.3 Å². The standard InChI is InChI=1S/C10H16N2OS/c1-3-12(7-10(11)13)6-9-5-4-8(2)14-9/h4-5H,3,6-7H2,1-2H3,(H2,11,13). The first-order valence-corrected chi connectivity index (χ1v) is 5.49. The van der Waals surface area contributed by atoms with Gasteiger partial charge in [0.15, 0.2) is 0 Å². The lowest BCUT2D eigenvalue weighted by Gasteiger charge is -2.16. The molecule has 1 aromatic heterocycles. The Morgan fingerprint density at radius 1 is 1.57 bits per heavy atom. The summed E-state index contributed by atoms with van der Waals surface area (Å²) in [6.45, 7) is 6.12. The van der Waals surface area contributed by atoms with Crippen molar-refractivity contribution in [2.75, 3.05) is 13.1 Å². The molecule has 1 aromatic rings. The zero-order valence-electron chi connectivity index (χ0n) is 8.62. The molecule has 0 aliphatic rings. The number of carbonyl (C=O) groups excluding carboxylic acids is 1. The number of carbonyl (C=O) groups is 1. The van der Waals surface area contributed by atoms with Crippen LogP contribution in [0.5, 0.6) is 0 Å². The number of thiophene rings is 1. The summed E-state index contributed by atoms with van der Waals surface area (Å²) in [6, 6.07) is 4.20. The minimum absolute atomic E-state index is 0.264. The van der Waals surface area contributed by atoms with Crippen LogP contribution in [-0.4, -0.2) is 23.9 Å². The van der Waals surface area contributed by atoms with Gasteiger partial charge in [0.05, 0.1) is 6.54 Å². The Kier molecular flexibility index (Phi) is 4.10. The number of aryl methyl sites for hydroxylation is 1. The Hall–Kier alpha value is -0.870. The number of amides is 1. The number of likely N-dealkylation sites (N-methyl/N-ethyl adjacent to an activating group) is 1. The number of hydrogen-bond donors (Lipinski definition) is 1. The van der Waals surface area contributed by atoms with Gasteiger partial charge >= 0.3 is 0 Å². The summed E-state index contributed by atoms with van der Waals surface area (Å²) in [5.41, 5.74) is 5.15. The van der Waals surface area contributed by atoms with Crippen molar-refractivity contribution in [2.45, 2.75) is 20.4 Å². The van der Waals surface area contributed by atoms with Crippen molar-refractivity contribution in [2.24, 2.45) is 5.73 Å². The van der Waals surface area contributed by atoms with Gasteiger partial charge in [-0.25, -0.2) is 0 Å². The Morgan fingerprint density at radius 2 is 2.29 bits per heavy atom.